The van der Waals surface area contributed by atoms with Gasteiger partial charge in [-0.2, -0.15) is 4.98 Å². The van der Waals surface area contributed by atoms with Gasteiger partial charge in [-0.25, -0.2) is 4.98 Å². The number of anilines is 1. The van der Waals surface area contributed by atoms with Crippen molar-refractivity contribution in [2.75, 3.05) is 5.32 Å². The lowest BCUT2D eigenvalue weighted by molar-refractivity contribution is -0.122. The van der Waals surface area contributed by atoms with Crippen molar-refractivity contribution in [3.63, 3.8) is 0 Å². The minimum Gasteiger partial charge on any atom is -0.475 e. The summed E-state index contributed by atoms with van der Waals surface area (Å²) in [5.41, 5.74) is 0. The van der Waals surface area contributed by atoms with E-state index in [0.717, 1.165) is 0 Å². The molecule has 0 saturated heterocycles. The van der Waals surface area contributed by atoms with Gasteiger partial charge in [0.1, 0.15) is 6.04 Å². The van der Waals surface area contributed by atoms with Gasteiger partial charge < -0.3 is 15.4 Å². The molecule has 2 N–H and O–H groups in total. The summed E-state index contributed by atoms with van der Waals surface area (Å²) in [6.07, 6.45) is 1.64. The van der Waals surface area contributed by atoms with E-state index in [9.17, 15) is 4.79 Å². The van der Waals surface area contributed by atoms with Crippen LogP contribution >= 0.6 is 0 Å². The SMILES string of the molecule is CC(C)NC(=O)C(C)Nc1nccc(OC(C)C)n1. The zero-order valence-electron chi connectivity index (χ0n) is 12.1. The molecular formula is C13H22N4O2. The van der Waals surface area contributed by atoms with Gasteiger partial charge in [0.2, 0.25) is 17.7 Å². The van der Waals surface area contributed by atoms with Crippen LogP contribution in [0, 0.1) is 0 Å². The molecule has 1 amide bonds. The highest BCUT2D eigenvalue weighted by molar-refractivity contribution is 5.83. The third-order valence-corrected chi connectivity index (χ3v) is 2.16. The molecule has 106 valence electrons. The minimum atomic E-state index is -0.406. The fourth-order valence-electron chi connectivity index (χ4n) is 1.39. The zero-order chi connectivity index (χ0) is 14.4. The molecule has 0 spiro atoms. The van der Waals surface area contributed by atoms with Gasteiger partial charge in [0.05, 0.1) is 6.10 Å². The highest BCUT2D eigenvalue weighted by Gasteiger charge is 2.14. The summed E-state index contributed by atoms with van der Waals surface area (Å²) < 4.78 is 5.47. The van der Waals surface area contributed by atoms with E-state index < -0.39 is 6.04 Å². The van der Waals surface area contributed by atoms with Crippen LogP contribution in [0.15, 0.2) is 12.3 Å². The van der Waals surface area contributed by atoms with Crippen molar-refractivity contribution < 1.29 is 9.53 Å². The van der Waals surface area contributed by atoms with Gasteiger partial charge >= 0.3 is 0 Å². The fraction of sp³-hybridized carbons (Fsp3) is 0.615. The van der Waals surface area contributed by atoms with E-state index in [2.05, 4.69) is 20.6 Å². The summed E-state index contributed by atoms with van der Waals surface area (Å²) in [7, 11) is 0. The molecule has 1 aromatic heterocycles. The molecule has 1 unspecified atom stereocenters. The normalized spacial score (nSPS) is 12.4. The maximum absolute atomic E-state index is 11.8. The molecule has 0 aromatic carbocycles. The third-order valence-electron chi connectivity index (χ3n) is 2.16. The Morgan fingerprint density at radius 2 is 1.95 bits per heavy atom. The Kier molecular flexibility index (Phi) is 5.54. The molecule has 6 heteroatoms. The molecule has 6 nitrogen and oxygen atoms in total. The van der Waals surface area contributed by atoms with Crippen molar-refractivity contribution in [3.05, 3.63) is 12.3 Å². The predicted octanol–water partition coefficient (Wildman–Crippen LogP) is 1.59. The van der Waals surface area contributed by atoms with Crippen molar-refractivity contribution >= 4 is 11.9 Å². The van der Waals surface area contributed by atoms with Crippen LogP contribution in [-0.4, -0.2) is 34.1 Å². The van der Waals surface area contributed by atoms with Crippen molar-refractivity contribution in [3.8, 4) is 5.88 Å². The molecule has 1 heterocycles. The number of rotatable bonds is 6. The van der Waals surface area contributed by atoms with Crippen LogP contribution in [-0.2, 0) is 4.79 Å². The summed E-state index contributed by atoms with van der Waals surface area (Å²) >= 11 is 0. The third kappa shape index (κ3) is 5.54. The number of hydrogen-bond acceptors (Lipinski definition) is 5. The van der Waals surface area contributed by atoms with Gasteiger partial charge in [-0.1, -0.05) is 0 Å². The molecule has 0 radical (unpaired) electrons. The minimum absolute atomic E-state index is 0.0458. The van der Waals surface area contributed by atoms with Gasteiger partial charge in [-0.3, -0.25) is 4.79 Å². The second kappa shape index (κ2) is 6.92. The van der Waals surface area contributed by atoms with Crippen LogP contribution in [0.5, 0.6) is 5.88 Å². The van der Waals surface area contributed by atoms with Gasteiger partial charge in [0.15, 0.2) is 0 Å². The first kappa shape index (κ1) is 15.2. The van der Waals surface area contributed by atoms with Crippen LogP contribution in [0.25, 0.3) is 0 Å². The van der Waals surface area contributed by atoms with E-state index in [1.165, 1.54) is 0 Å². The molecule has 1 aromatic rings. The Labute approximate surface area is 114 Å². The Hall–Kier alpha value is -1.85. The highest BCUT2D eigenvalue weighted by Crippen LogP contribution is 2.10. The Bertz CT molecular complexity index is 421. The lowest BCUT2D eigenvalue weighted by Gasteiger charge is -2.16. The Morgan fingerprint density at radius 3 is 2.53 bits per heavy atom. The molecule has 0 aliphatic rings. The van der Waals surface area contributed by atoms with Gasteiger partial charge in [-0.05, 0) is 34.6 Å². The van der Waals surface area contributed by atoms with Gasteiger partial charge in [0.25, 0.3) is 0 Å². The molecule has 0 aliphatic heterocycles. The average molecular weight is 266 g/mol. The van der Waals surface area contributed by atoms with E-state index in [4.69, 9.17) is 4.74 Å². The van der Waals surface area contributed by atoms with Crippen molar-refractivity contribution in [2.45, 2.75) is 52.8 Å². The second-order valence-corrected chi connectivity index (χ2v) is 4.91. The van der Waals surface area contributed by atoms with Gasteiger partial charge in [-0.15, -0.1) is 0 Å². The Balaban J connectivity index is 2.63. The Morgan fingerprint density at radius 1 is 1.26 bits per heavy atom. The number of ether oxygens (including phenoxy) is 1. The number of aromatic nitrogens is 2. The number of hydrogen-bond donors (Lipinski definition) is 2. The molecule has 0 bridgehead atoms. The monoisotopic (exact) mass is 266 g/mol. The molecule has 0 saturated carbocycles. The van der Waals surface area contributed by atoms with Gasteiger partial charge in [0, 0.05) is 18.3 Å². The first-order valence-electron chi connectivity index (χ1n) is 6.45. The van der Waals surface area contributed by atoms with E-state index in [1.54, 1.807) is 19.2 Å². The van der Waals surface area contributed by atoms with Crippen LogP contribution in [0.2, 0.25) is 0 Å². The number of carbonyl (C=O) groups is 1. The first-order valence-corrected chi connectivity index (χ1v) is 6.45. The number of nitrogens with one attached hydrogen (secondary N) is 2. The largest absolute Gasteiger partial charge is 0.475 e. The molecule has 1 rings (SSSR count). The van der Waals surface area contributed by atoms with Crippen molar-refractivity contribution in [1.29, 1.82) is 0 Å². The fourth-order valence-corrected chi connectivity index (χ4v) is 1.39. The number of amides is 1. The van der Waals surface area contributed by atoms with Crippen LogP contribution in [0.1, 0.15) is 34.6 Å². The quantitative estimate of drug-likeness (QED) is 0.817. The van der Waals surface area contributed by atoms with E-state index in [1.807, 2.05) is 27.7 Å². The lowest BCUT2D eigenvalue weighted by Crippen LogP contribution is -2.41. The summed E-state index contributed by atoms with van der Waals surface area (Å²) in [6, 6.07) is 1.38. The summed E-state index contributed by atoms with van der Waals surface area (Å²) in [5, 5.41) is 5.77. The van der Waals surface area contributed by atoms with E-state index in [0.29, 0.717) is 11.8 Å². The standard InChI is InChI=1S/C13H22N4O2/c1-8(2)15-12(18)10(5)16-13-14-7-6-11(17-13)19-9(3)4/h6-10H,1-5H3,(H,15,18)(H,14,16,17). The van der Waals surface area contributed by atoms with Crippen LogP contribution in [0.3, 0.4) is 0 Å². The smallest absolute Gasteiger partial charge is 0.242 e. The van der Waals surface area contributed by atoms with E-state index >= 15 is 0 Å². The maximum Gasteiger partial charge on any atom is 0.242 e. The molecular weight excluding hydrogens is 244 g/mol. The number of carbonyl (C=O) groups excluding carboxylic acids is 1. The van der Waals surface area contributed by atoms with Crippen molar-refractivity contribution in [2.24, 2.45) is 0 Å². The summed E-state index contributed by atoms with van der Waals surface area (Å²) in [4.78, 5) is 20.0. The second-order valence-electron chi connectivity index (χ2n) is 4.91. The molecule has 1 atom stereocenters. The average Bonchev–Trinajstić information content (AvgIpc) is 2.27. The summed E-state index contributed by atoms with van der Waals surface area (Å²) in [5.74, 6) is 0.780. The topological polar surface area (TPSA) is 76.1 Å². The zero-order valence-corrected chi connectivity index (χ0v) is 12.1. The molecule has 19 heavy (non-hydrogen) atoms. The number of nitrogens with zero attached hydrogens (tertiary/aromatic N) is 2. The van der Waals surface area contributed by atoms with Crippen molar-refractivity contribution in [1.82, 2.24) is 15.3 Å². The maximum atomic E-state index is 11.8. The lowest BCUT2D eigenvalue weighted by atomic mass is 10.3. The van der Waals surface area contributed by atoms with Crippen LogP contribution < -0.4 is 15.4 Å². The van der Waals surface area contributed by atoms with E-state index in [-0.39, 0.29) is 18.1 Å². The predicted molar refractivity (Wildman–Crippen MR) is 74.2 cm³/mol. The molecule has 0 fully saturated rings. The highest BCUT2D eigenvalue weighted by atomic mass is 16.5. The summed E-state index contributed by atoms with van der Waals surface area (Å²) in [6.45, 7) is 9.44. The van der Waals surface area contributed by atoms with Crippen LogP contribution in [0.4, 0.5) is 5.95 Å². The molecule has 0 aliphatic carbocycles. The first-order chi connectivity index (χ1) is 8.88.